The van der Waals surface area contributed by atoms with Crippen LogP contribution in [0.1, 0.15) is 45.1 Å². The molecule has 0 spiro atoms. The van der Waals surface area contributed by atoms with Crippen LogP contribution in [0.2, 0.25) is 0 Å². The number of nitro benzene ring substituents is 1. The Kier molecular flexibility index (Phi) is 6.45. The molecular weight excluding hydrogens is 308 g/mol. The lowest BCUT2D eigenvalue weighted by Crippen LogP contribution is -2.34. The summed E-state index contributed by atoms with van der Waals surface area (Å²) in [5, 5.41) is 14.6. The van der Waals surface area contributed by atoms with Crippen molar-refractivity contribution in [3.63, 3.8) is 0 Å². The first-order valence-corrected chi connectivity index (χ1v) is 7.47. The third-order valence-corrected chi connectivity index (χ3v) is 3.87. The van der Waals surface area contributed by atoms with E-state index >= 15 is 0 Å². The minimum atomic E-state index is -0.301. The van der Waals surface area contributed by atoms with E-state index in [0.29, 0.717) is 0 Å². The Labute approximate surface area is 122 Å². The van der Waals surface area contributed by atoms with Crippen molar-refractivity contribution in [2.45, 2.75) is 45.6 Å². The van der Waals surface area contributed by atoms with Crippen molar-refractivity contribution >= 4 is 21.6 Å². The van der Waals surface area contributed by atoms with Gasteiger partial charge < -0.3 is 5.32 Å². The third-order valence-electron chi connectivity index (χ3n) is 3.38. The second-order valence-electron chi connectivity index (χ2n) is 4.72. The standard InChI is InChI=1S/C14H21BrN2O2/c1-4-8-16-13(5-2)10(3)12-9-11(15)6-7-14(12)17(18)19/h6-7,9-10,13,16H,4-5,8H2,1-3H3. The predicted octanol–water partition coefficient (Wildman–Crippen LogP) is 4.24. The molecule has 0 heterocycles. The number of nitrogens with zero attached hydrogens (tertiary/aromatic N) is 1. The van der Waals surface area contributed by atoms with Gasteiger partial charge in [0.05, 0.1) is 4.92 Å². The van der Waals surface area contributed by atoms with Gasteiger partial charge in [-0.1, -0.05) is 36.7 Å². The predicted molar refractivity (Wildman–Crippen MR) is 81.6 cm³/mol. The first-order chi connectivity index (χ1) is 9.01. The molecule has 1 N–H and O–H groups in total. The lowest BCUT2D eigenvalue weighted by molar-refractivity contribution is -0.385. The van der Waals surface area contributed by atoms with Crippen molar-refractivity contribution in [2.24, 2.45) is 0 Å². The zero-order chi connectivity index (χ0) is 14.4. The number of nitro groups is 1. The SMILES string of the molecule is CCCNC(CC)C(C)c1cc(Br)ccc1[N+](=O)[O-]. The van der Waals surface area contributed by atoms with Gasteiger partial charge in [-0.3, -0.25) is 10.1 Å². The van der Waals surface area contributed by atoms with Crippen LogP contribution in [0.25, 0.3) is 0 Å². The van der Waals surface area contributed by atoms with Crippen LogP contribution < -0.4 is 5.32 Å². The summed E-state index contributed by atoms with van der Waals surface area (Å²) < 4.78 is 0.880. The quantitative estimate of drug-likeness (QED) is 0.601. The highest BCUT2D eigenvalue weighted by atomic mass is 79.9. The maximum Gasteiger partial charge on any atom is 0.272 e. The van der Waals surface area contributed by atoms with Crippen molar-refractivity contribution in [3.8, 4) is 0 Å². The Morgan fingerprint density at radius 3 is 2.63 bits per heavy atom. The van der Waals surface area contributed by atoms with Gasteiger partial charge in [-0.2, -0.15) is 0 Å². The zero-order valence-electron chi connectivity index (χ0n) is 11.6. The van der Waals surface area contributed by atoms with E-state index in [-0.39, 0.29) is 22.6 Å². The van der Waals surface area contributed by atoms with Crippen LogP contribution in [0.4, 0.5) is 5.69 Å². The second kappa shape index (κ2) is 7.60. The van der Waals surface area contributed by atoms with E-state index in [1.807, 2.05) is 13.0 Å². The van der Waals surface area contributed by atoms with Crippen molar-refractivity contribution in [1.29, 1.82) is 0 Å². The number of rotatable bonds is 7. The van der Waals surface area contributed by atoms with E-state index < -0.39 is 0 Å². The largest absolute Gasteiger partial charge is 0.313 e. The van der Waals surface area contributed by atoms with E-state index in [0.717, 1.165) is 29.4 Å². The molecule has 2 unspecified atom stereocenters. The first kappa shape index (κ1) is 16.1. The number of benzene rings is 1. The molecule has 1 rings (SSSR count). The lowest BCUT2D eigenvalue weighted by atomic mass is 9.90. The molecule has 0 saturated carbocycles. The summed E-state index contributed by atoms with van der Waals surface area (Å²) in [4.78, 5) is 10.8. The summed E-state index contributed by atoms with van der Waals surface area (Å²) in [6.07, 6.45) is 2.01. The fourth-order valence-electron chi connectivity index (χ4n) is 2.28. The first-order valence-electron chi connectivity index (χ1n) is 6.68. The maximum absolute atomic E-state index is 11.1. The van der Waals surface area contributed by atoms with E-state index in [4.69, 9.17) is 0 Å². The van der Waals surface area contributed by atoms with Crippen LogP contribution in [0.3, 0.4) is 0 Å². The van der Waals surface area contributed by atoms with Gasteiger partial charge in [-0.15, -0.1) is 0 Å². The van der Waals surface area contributed by atoms with Crippen molar-refractivity contribution in [2.75, 3.05) is 6.54 Å². The van der Waals surface area contributed by atoms with E-state index in [1.165, 1.54) is 0 Å². The highest BCUT2D eigenvalue weighted by molar-refractivity contribution is 9.10. The van der Waals surface area contributed by atoms with Gasteiger partial charge in [0, 0.05) is 28.1 Å². The second-order valence-corrected chi connectivity index (χ2v) is 5.63. The monoisotopic (exact) mass is 328 g/mol. The molecule has 0 aliphatic rings. The van der Waals surface area contributed by atoms with Gasteiger partial charge in [-0.25, -0.2) is 0 Å². The van der Waals surface area contributed by atoms with Gasteiger partial charge in [0.1, 0.15) is 0 Å². The Bertz CT molecular complexity index is 437. The van der Waals surface area contributed by atoms with E-state index in [9.17, 15) is 10.1 Å². The van der Waals surface area contributed by atoms with Gasteiger partial charge in [-0.05, 0) is 31.5 Å². The van der Waals surface area contributed by atoms with Crippen LogP contribution >= 0.6 is 15.9 Å². The number of hydrogen-bond donors (Lipinski definition) is 1. The highest BCUT2D eigenvalue weighted by Crippen LogP contribution is 2.32. The van der Waals surface area contributed by atoms with Crippen LogP contribution in [-0.4, -0.2) is 17.5 Å². The normalized spacial score (nSPS) is 14.1. The molecule has 4 nitrogen and oxygen atoms in total. The number of hydrogen-bond acceptors (Lipinski definition) is 3. The summed E-state index contributed by atoms with van der Waals surface area (Å²) in [6, 6.07) is 5.41. The fraction of sp³-hybridized carbons (Fsp3) is 0.571. The minimum absolute atomic E-state index is 0.106. The average molecular weight is 329 g/mol. The topological polar surface area (TPSA) is 55.2 Å². The molecule has 5 heteroatoms. The van der Waals surface area contributed by atoms with E-state index in [1.54, 1.807) is 12.1 Å². The molecule has 0 fully saturated rings. The van der Waals surface area contributed by atoms with E-state index in [2.05, 4.69) is 35.1 Å². The van der Waals surface area contributed by atoms with Crippen LogP contribution in [0, 0.1) is 10.1 Å². The molecule has 19 heavy (non-hydrogen) atoms. The summed E-state index contributed by atoms with van der Waals surface area (Å²) >= 11 is 3.39. The van der Waals surface area contributed by atoms with Crippen LogP contribution in [-0.2, 0) is 0 Å². The third kappa shape index (κ3) is 4.28. The molecule has 0 saturated heterocycles. The number of nitrogens with one attached hydrogen (secondary N) is 1. The van der Waals surface area contributed by atoms with Gasteiger partial charge in [0.25, 0.3) is 5.69 Å². The summed E-state index contributed by atoms with van der Waals surface area (Å²) in [5.41, 5.74) is 0.988. The lowest BCUT2D eigenvalue weighted by Gasteiger charge is -2.24. The minimum Gasteiger partial charge on any atom is -0.313 e. The molecule has 0 aromatic heterocycles. The van der Waals surface area contributed by atoms with Crippen molar-refractivity contribution in [1.82, 2.24) is 5.32 Å². The smallest absolute Gasteiger partial charge is 0.272 e. The molecule has 106 valence electrons. The Hall–Kier alpha value is -0.940. The molecule has 2 atom stereocenters. The highest BCUT2D eigenvalue weighted by Gasteiger charge is 2.24. The van der Waals surface area contributed by atoms with Gasteiger partial charge in [0.2, 0.25) is 0 Å². The van der Waals surface area contributed by atoms with Gasteiger partial charge >= 0.3 is 0 Å². The Balaban J connectivity index is 3.05. The summed E-state index contributed by atoms with van der Waals surface area (Å²) in [6.45, 7) is 7.20. The fourth-order valence-corrected chi connectivity index (χ4v) is 2.66. The van der Waals surface area contributed by atoms with Crippen molar-refractivity contribution < 1.29 is 4.92 Å². The molecule has 0 bridgehead atoms. The molecule has 0 aliphatic heterocycles. The van der Waals surface area contributed by atoms with Crippen molar-refractivity contribution in [3.05, 3.63) is 38.3 Å². The summed E-state index contributed by atoms with van der Waals surface area (Å²) in [5.74, 6) is 0.106. The summed E-state index contributed by atoms with van der Waals surface area (Å²) in [7, 11) is 0. The molecule has 0 radical (unpaired) electrons. The molecule has 1 aromatic rings. The number of halogens is 1. The van der Waals surface area contributed by atoms with Crippen LogP contribution in [0.5, 0.6) is 0 Å². The average Bonchev–Trinajstić information content (AvgIpc) is 2.38. The van der Waals surface area contributed by atoms with Crippen LogP contribution in [0.15, 0.2) is 22.7 Å². The molecule has 0 amide bonds. The maximum atomic E-state index is 11.1. The Morgan fingerprint density at radius 1 is 1.42 bits per heavy atom. The Morgan fingerprint density at radius 2 is 2.11 bits per heavy atom. The molecule has 1 aromatic carbocycles. The van der Waals surface area contributed by atoms with Gasteiger partial charge in [0.15, 0.2) is 0 Å². The zero-order valence-corrected chi connectivity index (χ0v) is 13.2. The molecular formula is C14H21BrN2O2. The molecule has 0 aliphatic carbocycles.